The summed E-state index contributed by atoms with van der Waals surface area (Å²) >= 11 is 0. The molecule has 0 N–H and O–H groups in total. The monoisotopic (exact) mass is 326 g/mol. The van der Waals surface area contributed by atoms with Gasteiger partial charge >= 0.3 is 11.9 Å². The molecule has 23 heavy (non-hydrogen) atoms. The van der Waals surface area contributed by atoms with Crippen molar-refractivity contribution < 1.29 is 19.1 Å². The molecule has 0 amide bonds. The summed E-state index contributed by atoms with van der Waals surface area (Å²) in [5.74, 6) is -1.02. The molecular weight excluding hydrogens is 292 g/mol. The number of unbranched alkanes of at least 4 members (excludes halogenated alkanes) is 3. The first-order valence-electron chi connectivity index (χ1n) is 9.51. The lowest BCUT2D eigenvalue weighted by Crippen LogP contribution is -2.36. The number of hydrogen-bond acceptors (Lipinski definition) is 4. The van der Waals surface area contributed by atoms with Gasteiger partial charge < -0.3 is 9.47 Å². The average molecular weight is 326 g/mol. The maximum atomic E-state index is 12.4. The van der Waals surface area contributed by atoms with Crippen LogP contribution in [-0.2, 0) is 19.1 Å². The lowest BCUT2D eigenvalue weighted by atomic mass is 9.79. The summed E-state index contributed by atoms with van der Waals surface area (Å²) in [5, 5.41) is 0. The number of hydrogen-bond donors (Lipinski definition) is 0. The fourth-order valence-electron chi connectivity index (χ4n) is 3.21. The first kappa shape index (κ1) is 20.0. The zero-order valence-electron chi connectivity index (χ0n) is 15.1. The van der Waals surface area contributed by atoms with Gasteiger partial charge in [0.1, 0.15) is 6.10 Å². The molecule has 4 heteroatoms. The van der Waals surface area contributed by atoms with Gasteiger partial charge in [0, 0.05) is 0 Å². The van der Waals surface area contributed by atoms with Crippen LogP contribution in [0.2, 0.25) is 0 Å². The molecule has 0 saturated heterocycles. The van der Waals surface area contributed by atoms with E-state index in [2.05, 4.69) is 6.92 Å². The minimum Gasteiger partial charge on any atom is -0.465 e. The second-order valence-electron chi connectivity index (χ2n) is 6.60. The summed E-state index contributed by atoms with van der Waals surface area (Å²) in [4.78, 5) is 24.8. The summed E-state index contributed by atoms with van der Waals surface area (Å²) in [5.41, 5.74) is 0. The van der Waals surface area contributed by atoms with E-state index in [1.165, 1.54) is 12.8 Å². The highest BCUT2D eigenvalue weighted by atomic mass is 16.5. The number of ether oxygens (including phenoxy) is 2. The Labute approximate surface area is 141 Å². The molecule has 0 aromatic heterocycles. The Hall–Kier alpha value is -1.06. The molecule has 1 aliphatic rings. The molecule has 0 aromatic carbocycles. The first-order chi connectivity index (χ1) is 11.1. The standard InChI is InChI=1S/C19H34O4/c1-4-7-8-11-14-22-18(20)16-12-9-10-13-17(16)19(21)23-15(5-2)6-3/h15-17H,4-14H2,1-3H3. The van der Waals surface area contributed by atoms with E-state index in [4.69, 9.17) is 9.47 Å². The highest BCUT2D eigenvalue weighted by Gasteiger charge is 2.38. The molecule has 0 heterocycles. The fraction of sp³-hybridized carbons (Fsp3) is 0.895. The largest absolute Gasteiger partial charge is 0.465 e. The highest BCUT2D eigenvalue weighted by molar-refractivity contribution is 5.82. The van der Waals surface area contributed by atoms with Crippen molar-refractivity contribution in [1.82, 2.24) is 0 Å². The molecule has 0 aliphatic heterocycles. The lowest BCUT2D eigenvalue weighted by molar-refractivity contribution is -0.166. The lowest BCUT2D eigenvalue weighted by Gasteiger charge is -2.29. The minimum absolute atomic E-state index is 0.0323. The first-order valence-corrected chi connectivity index (χ1v) is 9.51. The molecule has 0 radical (unpaired) electrons. The van der Waals surface area contributed by atoms with Crippen molar-refractivity contribution in [2.45, 2.75) is 91.1 Å². The fourth-order valence-corrected chi connectivity index (χ4v) is 3.21. The Balaban J connectivity index is 2.49. The van der Waals surface area contributed by atoms with E-state index >= 15 is 0 Å². The van der Waals surface area contributed by atoms with Crippen LogP contribution in [0.15, 0.2) is 0 Å². The van der Waals surface area contributed by atoms with Crippen LogP contribution < -0.4 is 0 Å². The van der Waals surface area contributed by atoms with E-state index in [9.17, 15) is 9.59 Å². The zero-order chi connectivity index (χ0) is 17.1. The highest BCUT2D eigenvalue weighted by Crippen LogP contribution is 2.32. The number of carbonyl (C=O) groups excluding carboxylic acids is 2. The predicted octanol–water partition coefficient (Wildman–Crippen LogP) is 4.65. The van der Waals surface area contributed by atoms with Gasteiger partial charge in [-0.25, -0.2) is 0 Å². The van der Waals surface area contributed by atoms with Crippen LogP contribution in [0.1, 0.15) is 85.0 Å². The van der Waals surface area contributed by atoms with Crippen molar-refractivity contribution in [3.63, 3.8) is 0 Å². The molecule has 1 fully saturated rings. The number of esters is 2. The normalized spacial score (nSPS) is 21.2. The summed E-state index contributed by atoms with van der Waals surface area (Å²) in [6, 6.07) is 0. The Kier molecular flexibility index (Phi) is 9.97. The summed E-state index contributed by atoms with van der Waals surface area (Å²) in [6.45, 7) is 6.67. The van der Waals surface area contributed by atoms with E-state index < -0.39 is 0 Å². The molecule has 1 aliphatic carbocycles. The average Bonchev–Trinajstić information content (AvgIpc) is 2.59. The van der Waals surface area contributed by atoms with Gasteiger partial charge in [-0.3, -0.25) is 9.59 Å². The van der Waals surface area contributed by atoms with E-state index in [1.807, 2.05) is 13.8 Å². The van der Waals surface area contributed by atoms with E-state index in [1.54, 1.807) is 0 Å². The van der Waals surface area contributed by atoms with Crippen LogP contribution in [0.4, 0.5) is 0 Å². The molecule has 0 bridgehead atoms. The number of rotatable bonds is 10. The Bertz CT molecular complexity index is 349. The molecule has 2 unspecified atom stereocenters. The minimum atomic E-state index is -0.313. The van der Waals surface area contributed by atoms with Crippen molar-refractivity contribution in [2.24, 2.45) is 11.8 Å². The van der Waals surface area contributed by atoms with Crippen LogP contribution in [0.5, 0.6) is 0 Å². The quantitative estimate of drug-likeness (QED) is 0.433. The summed E-state index contributed by atoms with van der Waals surface area (Å²) in [6.07, 6.45) is 9.42. The maximum absolute atomic E-state index is 12.4. The van der Waals surface area contributed by atoms with Crippen molar-refractivity contribution in [1.29, 1.82) is 0 Å². The third kappa shape index (κ3) is 6.92. The molecule has 0 spiro atoms. The Morgan fingerprint density at radius 2 is 1.52 bits per heavy atom. The van der Waals surface area contributed by atoms with E-state index in [0.717, 1.165) is 51.4 Å². The molecule has 134 valence electrons. The Morgan fingerprint density at radius 3 is 2.09 bits per heavy atom. The van der Waals surface area contributed by atoms with Gasteiger partial charge in [-0.15, -0.1) is 0 Å². The Morgan fingerprint density at radius 1 is 0.913 bits per heavy atom. The molecule has 1 rings (SSSR count). The van der Waals surface area contributed by atoms with Crippen LogP contribution in [0.3, 0.4) is 0 Å². The topological polar surface area (TPSA) is 52.6 Å². The van der Waals surface area contributed by atoms with Crippen molar-refractivity contribution in [3.05, 3.63) is 0 Å². The van der Waals surface area contributed by atoms with Crippen molar-refractivity contribution >= 4 is 11.9 Å². The van der Waals surface area contributed by atoms with Crippen molar-refractivity contribution in [3.8, 4) is 0 Å². The SMILES string of the molecule is CCCCCCOC(=O)C1CCCCC1C(=O)OC(CC)CC. The third-order valence-electron chi connectivity index (χ3n) is 4.81. The van der Waals surface area contributed by atoms with Gasteiger partial charge in [-0.1, -0.05) is 52.9 Å². The van der Waals surface area contributed by atoms with Gasteiger partial charge in [0.15, 0.2) is 0 Å². The van der Waals surface area contributed by atoms with Crippen LogP contribution in [0.25, 0.3) is 0 Å². The van der Waals surface area contributed by atoms with Gasteiger partial charge in [-0.05, 0) is 32.1 Å². The van der Waals surface area contributed by atoms with Gasteiger partial charge in [0.05, 0.1) is 18.4 Å². The maximum Gasteiger partial charge on any atom is 0.310 e. The molecule has 1 saturated carbocycles. The third-order valence-corrected chi connectivity index (χ3v) is 4.81. The van der Waals surface area contributed by atoms with E-state index in [-0.39, 0.29) is 29.9 Å². The van der Waals surface area contributed by atoms with Gasteiger partial charge in [-0.2, -0.15) is 0 Å². The van der Waals surface area contributed by atoms with Crippen LogP contribution >= 0.6 is 0 Å². The van der Waals surface area contributed by atoms with Crippen molar-refractivity contribution in [2.75, 3.05) is 6.61 Å². The second-order valence-corrected chi connectivity index (χ2v) is 6.60. The molecular formula is C19H34O4. The molecule has 0 aromatic rings. The van der Waals surface area contributed by atoms with Gasteiger partial charge in [0.25, 0.3) is 0 Å². The van der Waals surface area contributed by atoms with Crippen LogP contribution in [0, 0.1) is 11.8 Å². The number of carbonyl (C=O) groups is 2. The summed E-state index contributed by atoms with van der Waals surface area (Å²) < 4.78 is 11.0. The van der Waals surface area contributed by atoms with E-state index in [0.29, 0.717) is 6.61 Å². The zero-order valence-corrected chi connectivity index (χ0v) is 15.1. The second kappa shape index (κ2) is 11.5. The smallest absolute Gasteiger partial charge is 0.310 e. The molecule has 4 nitrogen and oxygen atoms in total. The van der Waals surface area contributed by atoms with Gasteiger partial charge in [0.2, 0.25) is 0 Å². The molecule has 2 atom stereocenters. The predicted molar refractivity (Wildman–Crippen MR) is 91.0 cm³/mol. The van der Waals surface area contributed by atoms with Crippen LogP contribution in [-0.4, -0.2) is 24.6 Å². The summed E-state index contributed by atoms with van der Waals surface area (Å²) in [7, 11) is 0.